The van der Waals surface area contributed by atoms with Gasteiger partial charge in [0.05, 0.1) is 0 Å². The van der Waals surface area contributed by atoms with Gasteiger partial charge < -0.3 is 10.1 Å². The summed E-state index contributed by atoms with van der Waals surface area (Å²) < 4.78 is 5.04. The van der Waals surface area contributed by atoms with Gasteiger partial charge in [-0.05, 0) is 62.1 Å². The molecule has 156 valence electrons. The van der Waals surface area contributed by atoms with Gasteiger partial charge in [-0.25, -0.2) is 4.79 Å². The van der Waals surface area contributed by atoms with Crippen LogP contribution in [0.25, 0.3) is 0 Å². The van der Waals surface area contributed by atoms with Gasteiger partial charge in [-0.2, -0.15) is 0 Å². The lowest BCUT2D eigenvalue weighted by molar-refractivity contribution is -0.146. The van der Waals surface area contributed by atoms with Crippen LogP contribution in [-0.4, -0.2) is 47.3 Å². The molecule has 1 aliphatic heterocycles. The standard InChI is InChI=1S/C22H28N2O5/c1-14(2)9-10-22(3)20(27)24(21(28)23-22)12-19(26)29-13-18(25)17-8-7-15-5-4-6-16(15)11-17/h7-8,11,14H,4-6,9-10,12-13H2,1-3H3,(H,23,28)/t22-/m0/s1. The molecule has 3 rings (SSSR count). The van der Waals surface area contributed by atoms with E-state index in [2.05, 4.69) is 5.32 Å². The van der Waals surface area contributed by atoms with Crippen LogP contribution < -0.4 is 5.32 Å². The minimum absolute atomic E-state index is 0.299. The van der Waals surface area contributed by atoms with Crippen LogP contribution in [0.4, 0.5) is 4.79 Å². The summed E-state index contributed by atoms with van der Waals surface area (Å²) in [6.45, 7) is 4.83. The zero-order valence-corrected chi connectivity index (χ0v) is 17.2. The van der Waals surface area contributed by atoms with Crippen molar-refractivity contribution in [3.8, 4) is 0 Å². The normalized spacial score (nSPS) is 20.8. The maximum absolute atomic E-state index is 12.6. The third-order valence-electron chi connectivity index (χ3n) is 5.64. The van der Waals surface area contributed by atoms with Crippen molar-refractivity contribution in [2.45, 2.75) is 58.4 Å². The number of carbonyl (C=O) groups is 4. The van der Waals surface area contributed by atoms with Gasteiger partial charge in [0.1, 0.15) is 12.1 Å². The molecule has 29 heavy (non-hydrogen) atoms. The molecule has 1 aromatic carbocycles. The van der Waals surface area contributed by atoms with Crippen molar-refractivity contribution < 1.29 is 23.9 Å². The van der Waals surface area contributed by atoms with Gasteiger partial charge in [0.2, 0.25) is 0 Å². The van der Waals surface area contributed by atoms with Crippen molar-refractivity contribution in [1.82, 2.24) is 10.2 Å². The van der Waals surface area contributed by atoms with E-state index in [1.807, 2.05) is 26.0 Å². The number of Topliss-reactive ketones (excluding diaryl/α,β-unsaturated/α-hetero) is 1. The number of hydrogen-bond acceptors (Lipinski definition) is 5. The molecule has 0 saturated carbocycles. The summed E-state index contributed by atoms with van der Waals surface area (Å²) in [5.74, 6) is -1.13. The number of ether oxygens (including phenoxy) is 1. The van der Waals surface area contributed by atoms with Crippen LogP contribution in [-0.2, 0) is 27.2 Å². The van der Waals surface area contributed by atoms with Crippen LogP contribution in [0, 0.1) is 5.92 Å². The van der Waals surface area contributed by atoms with Crippen molar-refractivity contribution in [2.75, 3.05) is 13.2 Å². The topological polar surface area (TPSA) is 92.8 Å². The molecule has 1 aromatic rings. The Bertz CT molecular complexity index is 848. The number of esters is 1. The second-order valence-electron chi connectivity index (χ2n) is 8.51. The third-order valence-corrected chi connectivity index (χ3v) is 5.64. The van der Waals surface area contributed by atoms with Crippen molar-refractivity contribution >= 4 is 23.7 Å². The van der Waals surface area contributed by atoms with Crippen molar-refractivity contribution in [3.05, 3.63) is 34.9 Å². The highest BCUT2D eigenvalue weighted by molar-refractivity contribution is 6.08. The molecule has 0 aromatic heterocycles. The first-order valence-electron chi connectivity index (χ1n) is 10.1. The number of urea groups is 1. The Morgan fingerprint density at radius 3 is 2.66 bits per heavy atom. The molecule has 3 amide bonds. The smallest absolute Gasteiger partial charge is 0.326 e. The number of nitrogens with zero attached hydrogens (tertiary/aromatic N) is 1. The number of hydrogen-bond donors (Lipinski definition) is 1. The van der Waals surface area contributed by atoms with Crippen molar-refractivity contribution in [3.63, 3.8) is 0 Å². The molecule has 0 spiro atoms. The number of rotatable bonds is 8. The number of fused-ring (bicyclic) bond motifs is 1. The maximum atomic E-state index is 12.6. The molecular formula is C22H28N2O5. The molecule has 7 nitrogen and oxygen atoms in total. The molecule has 1 saturated heterocycles. The molecule has 1 N–H and O–H groups in total. The highest BCUT2D eigenvalue weighted by atomic mass is 16.5. The summed E-state index contributed by atoms with van der Waals surface area (Å²) in [6.07, 6.45) is 4.34. The quantitative estimate of drug-likeness (QED) is 0.411. The molecule has 0 radical (unpaired) electrons. The Morgan fingerprint density at radius 1 is 1.21 bits per heavy atom. The van der Waals surface area contributed by atoms with Crippen molar-refractivity contribution in [1.29, 1.82) is 0 Å². The molecule has 0 unspecified atom stereocenters. The predicted molar refractivity (Wildman–Crippen MR) is 106 cm³/mol. The van der Waals surface area contributed by atoms with Gasteiger partial charge in [-0.3, -0.25) is 19.3 Å². The number of amides is 3. The Morgan fingerprint density at radius 2 is 1.93 bits per heavy atom. The second kappa shape index (κ2) is 8.35. The Balaban J connectivity index is 1.53. The third kappa shape index (κ3) is 4.66. The van der Waals surface area contributed by atoms with Gasteiger partial charge in [-0.1, -0.05) is 26.0 Å². The lowest BCUT2D eigenvalue weighted by Crippen LogP contribution is -2.44. The van der Waals surface area contributed by atoms with E-state index in [1.165, 1.54) is 11.1 Å². The molecule has 1 heterocycles. The molecule has 1 aliphatic carbocycles. The highest BCUT2D eigenvalue weighted by Gasteiger charge is 2.48. The number of carbonyl (C=O) groups excluding carboxylic acids is 4. The number of benzene rings is 1. The van der Waals surface area contributed by atoms with E-state index in [0.29, 0.717) is 17.9 Å². The highest BCUT2D eigenvalue weighted by Crippen LogP contribution is 2.25. The summed E-state index contributed by atoms with van der Waals surface area (Å²) >= 11 is 0. The van der Waals surface area contributed by atoms with Crippen LogP contribution in [0.5, 0.6) is 0 Å². The minimum atomic E-state index is -1.01. The molecule has 1 fully saturated rings. The van der Waals surface area contributed by atoms with Crippen LogP contribution in [0.2, 0.25) is 0 Å². The van der Waals surface area contributed by atoms with Crippen molar-refractivity contribution in [2.24, 2.45) is 5.92 Å². The SMILES string of the molecule is CC(C)CC[C@]1(C)NC(=O)N(CC(=O)OCC(=O)c2ccc3c(c2)CCC3)C1=O. The van der Waals surface area contributed by atoms with Gasteiger partial charge in [0.15, 0.2) is 12.4 Å². The number of imide groups is 1. The van der Waals surface area contributed by atoms with E-state index in [1.54, 1.807) is 13.0 Å². The van der Waals surface area contributed by atoms with Crippen LogP contribution in [0.15, 0.2) is 18.2 Å². The fourth-order valence-corrected chi connectivity index (χ4v) is 3.79. The molecule has 1 atom stereocenters. The summed E-state index contributed by atoms with van der Waals surface area (Å²) in [6, 6.07) is 4.94. The van der Waals surface area contributed by atoms with Gasteiger partial charge in [0, 0.05) is 5.56 Å². The number of aryl methyl sites for hydroxylation is 2. The Kier molecular flexibility index (Phi) is 6.05. The molecular weight excluding hydrogens is 372 g/mol. The van der Waals surface area contributed by atoms with Crippen LogP contribution in [0.3, 0.4) is 0 Å². The molecule has 2 aliphatic rings. The predicted octanol–water partition coefficient (Wildman–Crippen LogP) is 2.65. The molecule has 7 heteroatoms. The zero-order chi connectivity index (χ0) is 21.2. The minimum Gasteiger partial charge on any atom is -0.456 e. The largest absolute Gasteiger partial charge is 0.456 e. The van der Waals surface area contributed by atoms with E-state index >= 15 is 0 Å². The zero-order valence-electron chi connectivity index (χ0n) is 17.2. The summed E-state index contributed by atoms with van der Waals surface area (Å²) in [4.78, 5) is 50.1. The summed E-state index contributed by atoms with van der Waals surface area (Å²) in [5.41, 5.74) is 1.93. The van der Waals surface area contributed by atoms with Gasteiger partial charge in [0.25, 0.3) is 5.91 Å². The average molecular weight is 400 g/mol. The Hall–Kier alpha value is -2.70. The average Bonchev–Trinajstić information content (AvgIpc) is 3.22. The summed E-state index contributed by atoms with van der Waals surface area (Å²) in [5, 5.41) is 2.67. The summed E-state index contributed by atoms with van der Waals surface area (Å²) in [7, 11) is 0. The first kappa shape index (κ1) is 21.0. The number of nitrogens with one attached hydrogen (secondary N) is 1. The van der Waals surface area contributed by atoms with Gasteiger partial charge >= 0.3 is 12.0 Å². The lowest BCUT2D eigenvalue weighted by atomic mass is 9.92. The second-order valence-corrected chi connectivity index (χ2v) is 8.51. The van der Waals surface area contributed by atoms with E-state index < -0.39 is 36.6 Å². The molecule has 0 bridgehead atoms. The lowest BCUT2D eigenvalue weighted by Gasteiger charge is -2.22. The first-order chi connectivity index (χ1) is 13.7. The number of ketones is 1. The van der Waals surface area contributed by atoms with E-state index in [-0.39, 0.29) is 5.78 Å². The maximum Gasteiger partial charge on any atom is 0.326 e. The van der Waals surface area contributed by atoms with E-state index in [4.69, 9.17) is 4.74 Å². The van der Waals surface area contributed by atoms with E-state index in [9.17, 15) is 19.2 Å². The Labute approximate surface area is 170 Å². The first-order valence-corrected chi connectivity index (χ1v) is 10.1. The van der Waals surface area contributed by atoms with Crippen LogP contribution >= 0.6 is 0 Å². The van der Waals surface area contributed by atoms with Crippen LogP contribution in [0.1, 0.15) is 61.5 Å². The monoisotopic (exact) mass is 400 g/mol. The van der Waals surface area contributed by atoms with Gasteiger partial charge in [-0.15, -0.1) is 0 Å². The fraction of sp³-hybridized carbons (Fsp3) is 0.545. The van der Waals surface area contributed by atoms with E-state index in [0.717, 1.165) is 30.6 Å². The fourth-order valence-electron chi connectivity index (χ4n) is 3.79.